The molecule has 3 aromatic rings. The van der Waals surface area contributed by atoms with Crippen LogP contribution in [0.1, 0.15) is 41.5 Å². The molecule has 2 aliphatic rings. The van der Waals surface area contributed by atoms with E-state index < -0.39 is 0 Å². The molecule has 2 atom stereocenters. The summed E-state index contributed by atoms with van der Waals surface area (Å²) in [5, 5.41) is 2.72. The average molecular weight is 296 g/mol. The predicted molar refractivity (Wildman–Crippen MR) is 97.7 cm³/mol. The zero-order chi connectivity index (χ0) is 15.6. The van der Waals surface area contributed by atoms with Crippen molar-refractivity contribution in [3.05, 3.63) is 88.5 Å². The quantitative estimate of drug-likeness (QED) is 0.510. The Hall–Kier alpha value is -2.34. The van der Waals surface area contributed by atoms with Gasteiger partial charge in [0.1, 0.15) is 0 Å². The largest absolute Gasteiger partial charge is 0.0619 e. The van der Waals surface area contributed by atoms with Crippen LogP contribution in [0, 0.1) is 12.8 Å². The van der Waals surface area contributed by atoms with Crippen LogP contribution in [0.15, 0.2) is 66.2 Å². The van der Waals surface area contributed by atoms with Crippen LogP contribution in [0.25, 0.3) is 16.3 Å². The molecule has 0 radical (unpaired) electrons. The smallest absolute Gasteiger partial charge is 0.00704 e. The second-order valence-corrected chi connectivity index (χ2v) is 7.07. The van der Waals surface area contributed by atoms with Gasteiger partial charge in [0.25, 0.3) is 0 Å². The van der Waals surface area contributed by atoms with Crippen molar-refractivity contribution in [3.63, 3.8) is 0 Å². The molecule has 2 unspecified atom stereocenters. The summed E-state index contributed by atoms with van der Waals surface area (Å²) in [6.07, 6.45) is 1.33. The summed E-state index contributed by atoms with van der Waals surface area (Å²) in [5.41, 5.74) is 8.93. The normalized spacial score (nSPS) is 22.0. The van der Waals surface area contributed by atoms with E-state index >= 15 is 0 Å². The first-order valence-electron chi connectivity index (χ1n) is 8.54. The molecule has 0 heteroatoms. The Labute approximate surface area is 137 Å². The molecular weight excluding hydrogens is 276 g/mol. The highest BCUT2D eigenvalue weighted by Crippen LogP contribution is 2.59. The number of benzene rings is 3. The highest BCUT2D eigenvalue weighted by Gasteiger charge is 2.45. The Morgan fingerprint density at radius 3 is 2.48 bits per heavy atom. The van der Waals surface area contributed by atoms with Crippen molar-refractivity contribution in [1.82, 2.24) is 0 Å². The van der Waals surface area contributed by atoms with Crippen molar-refractivity contribution in [1.29, 1.82) is 0 Å². The number of hydrogen-bond acceptors (Lipinski definition) is 0. The summed E-state index contributed by atoms with van der Waals surface area (Å²) in [7, 11) is 0. The third-order valence-corrected chi connectivity index (χ3v) is 5.76. The van der Waals surface area contributed by atoms with Crippen molar-refractivity contribution in [2.45, 2.75) is 26.2 Å². The maximum absolute atomic E-state index is 2.36. The average Bonchev–Trinajstić information content (AvgIpc) is 3.38. The van der Waals surface area contributed by atoms with E-state index in [-0.39, 0.29) is 0 Å². The Morgan fingerprint density at radius 1 is 0.783 bits per heavy atom. The van der Waals surface area contributed by atoms with E-state index in [1.54, 1.807) is 11.1 Å². The first-order valence-corrected chi connectivity index (χ1v) is 8.54. The molecule has 0 heterocycles. The molecule has 0 N–H and O–H groups in total. The van der Waals surface area contributed by atoms with Gasteiger partial charge < -0.3 is 0 Å². The SMILES string of the molecule is CC1=C(c2c(C)ccc3ccccc23)c2ccccc2C2CC12. The van der Waals surface area contributed by atoms with Crippen LogP contribution in [0.2, 0.25) is 0 Å². The first-order chi connectivity index (χ1) is 11.3. The fourth-order valence-electron chi connectivity index (χ4n) is 4.51. The lowest BCUT2D eigenvalue weighted by Gasteiger charge is -2.24. The minimum absolute atomic E-state index is 0.762. The van der Waals surface area contributed by atoms with E-state index in [0.717, 1.165) is 11.8 Å². The summed E-state index contributed by atoms with van der Waals surface area (Å²) in [5.74, 6) is 1.53. The third-order valence-electron chi connectivity index (χ3n) is 5.76. The third kappa shape index (κ3) is 1.78. The van der Waals surface area contributed by atoms with Crippen molar-refractivity contribution in [3.8, 4) is 0 Å². The lowest BCUT2D eigenvalue weighted by Crippen LogP contribution is -2.05. The molecule has 112 valence electrons. The van der Waals surface area contributed by atoms with Crippen LogP contribution < -0.4 is 0 Å². The van der Waals surface area contributed by atoms with Gasteiger partial charge in [0.15, 0.2) is 0 Å². The molecule has 0 saturated heterocycles. The van der Waals surface area contributed by atoms with Crippen LogP contribution in [0.5, 0.6) is 0 Å². The summed E-state index contributed by atoms with van der Waals surface area (Å²) >= 11 is 0. The molecule has 1 saturated carbocycles. The Morgan fingerprint density at radius 2 is 1.57 bits per heavy atom. The van der Waals surface area contributed by atoms with Gasteiger partial charge in [-0.3, -0.25) is 0 Å². The minimum Gasteiger partial charge on any atom is -0.0619 e. The molecule has 0 aliphatic heterocycles. The second kappa shape index (κ2) is 4.58. The lowest BCUT2D eigenvalue weighted by molar-refractivity contribution is 0.918. The maximum Gasteiger partial charge on any atom is -0.00704 e. The first kappa shape index (κ1) is 13.1. The molecule has 0 spiro atoms. The van der Waals surface area contributed by atoms with E-state index in [2.05, 4.69) is 74.5 Å². The van der Waals surface area contributed by atoms with E-state index in [1.165, 1.54) is 39.5 Å². The highest BCUT2D eigenvalue weighted by molar-refractivity contribution is 6.01. The second-order valence-electron chi connectivity index (χ2n) is 7.07. The fraction of sp³-hybridized carbons (Fsp3) is 0.217. The molecule has 0 amide bonds. The molecule has 1 fully saturated rings. The van der Waals surface area contributed by atoms with Crippen molar-refractivity contribution in [2.75, 3.05) is 0 Å². The number of allylic oxidation sites excluding steroid dienone is 1. The van der Waals surface area contributed by atoms with Gasteiger partial charge in [-0.25, -0.2) is 0 Å². The van der Waals surface area contributed by atoms with Crippen molar-refractivity contribution >= 4 is 16.3 Å². The van der Waals surface area contributed by atoms with Crippen LogP contribution in [-0.2, 0) is 0 Å². The Kier molecular flexibility index (Phi) is 2.61. The van der Waals surface area contributed by atoms with E-state index in [1.807, 2.05) is 0 Å². The molecule has 0 bridgehead atoms. The minimum atomic E-state index is 0.762. The molecule has 0 nitrogen and oxygen atoms in total. The molecule has 2 aliphatic carbocycles. The van der Waals surface area contributed by atoms with E-state index in [0.29, 0.717) is 0 Å². The summed E-state index contributed by atoms with van der Waals surface area (Å²) in [6, 6.07) is 22.4. The van der Waals surface area contributed by atoms with Gasteiger partial charge in [-0.05, 0) is 70.7 Å². The monoisotopic (exact) mass is 296 g/mol. The molecule has 23 heavy (non-hydrogen) atoms. The summed E-state index contributed by atoms with van der Waals surface area (Å²) in [6.45, 7) is 4.61. The van der Waals surface area contributed by atoms with E-state index in [4.69, 9.17) is 0 Å². The van der Waals surface area contributed by atoms with Crippen LogP contribution in [0.3, 0.4) is 0 Å². The predicted octanol–water partition coefficient (Wildman–Crippen LogP) is 6.09. The Bertz CT molecular complexity index is 974. The number of rotatable bonds is 1. The van der Waals surface area contributed by atoms with Gasteiger partial charge >= 0.3 is 0 Å². The van der Waals surface area contributed by atoms with Gasteiger partial charge in [-0.15, -0.1) is 0 Å². The fourth-order valence-corrected chi connectivity index (χ4v) is 4.51. The summed E-state index contributed by atoms with van der Waals surface area (Å²) < 4.78 is 0. The Balaban J connectivity index is 1.89. The number of aryl methyl sites for hydroxylation is 1. The standard InChI is InChI=1S/C23H20/c1-14-11-12-16-7-3-4-8-17(16)22(14)23-15(2)20-13-21(20)18-9-5-6-10-19(18)23/h3-12,20-21H,13H2,1-2H3. The highest BCUT2D eigenvalue weighted by atomic mass is 14.5. The van der Waals surface area contributed by atoms with Crippen molar-refractivity contribution in [2.24, 2.45) is 5.92 Å². The lowest BCUT2D eigenvalue weighted by atomic mass is 9.80. The molecule has 3 aromatic carbocycles. The van der Waals surface area contributed by atoms with Gasteiger partial charge in [0.05, 0.1) is 0 Å². The zero-order valence-corrected chi connectivity index (χ0v) is 13.6. The van der Waals surface area contributed by atoms with Gasteiger partial charge in [-0.2, -0.15) is 0 Å². The van der Waals surface area contributed by atoms with Crippen LogP contribution in [0.4, 0.5) is 0 Å². The summed E-state index contributed by atoms with van der Waals surface area (Å²) in [4.78, 5) is 0. The van der Waals surface area contributed by atoms with Crippen molar-refractivity contribution < 1.29 is 0 Å². The molecule has 0 aromatic heterocycles. The topological polar surface area (TPSA) is 0 Å². The van der Waals surface area contributed by atoms with Crippen LogP contribution >= 0.6 is 0 Å². The van der Waals surface area contributed by atoms with Gasteiger partial charge in [0.2, 0.25) is 0 Å². The van der Waals surface area contributed by atoms with Gasteiger partial charge in [0, 0.05) is 0 Å². The van der Waals surface area contributed by atoms with Gasteiger partial charge in [-0.1, -0.05) is 66.2 Å². The number of fused-ring (bicyclic) bond motifs is 4. The van der Waals surface area contributed by atoms with E-state index in [9.17, 15) is 0 Å². The molecule has 5 rings (SSSR count). The zero-order valence-electron chi connectivity index (χ0n) is 13.6. The van der Waals surface area contributed by atoms with Crippen LogP contribution in [-0.4, -0.2) is 0 Å². The number of hydrogen-bond donors (Lipinski definition) is 0. The maximum atomic E-state index is 2.36. The molecular formula is C23H20.